The van der Waals surface area contributed by atoms with E-state index in [1.165, 1.54) is 0 Å². The molecule has 0 radical (unpaired) electrons. The van der Waals surface area contributed by atoms with Crippen LogP contribution in [-0.2, 0) is 14.3 Å². The molecule has 2 aliphatic rings. The van der Waals surface area contributed by atoms with Crippen molar-refractivity contribution in [1.29, 1.82) is 0 Å². The topological polar surface area (TPSA) is 66.8 Å². The summed E-state index contributed by atoms with van der Waals surface area (Å²) in [7, 11) is 0. The minimum atomic E-state index is -0.677. The van der Waals surface area contributed by atoms with Gasteiger partial charge in [0.15, 0.2) is 0 Å². The van der Waals surface area contributed by atoms with E-state index in [9.17, 15) is 14.7 Å². The van der Waals surface area contributed by atoms with Crippen molar-refractivity contribution in [3.8, 4) is 0 Å². The molecular weight excluding hydrogens is 414 g/mol. The zero-order valence-corrected chi connectivity index (χ0v) is 18.4. The normalized spacial score (nSPS) is 23.2. The van der Waals surface area contributed by atoms with Gasteiger partial charge in [-0.1, -0.05) is 49.7 Å². The molecule has 31 heavy (non-hydrogen) atoms. The molecule has 2 aliphatic heterocycles. The van der Waals surface area contributed by atoms with Crippen LogP contribution in [0.25, 0.3) is 5.76 Å². The molecular formula is C25H26ClNO4. The summed E-state index contributed by atoms with van der Waals surface area (Å²) in [6, 6.07) is 13.8. The van der Waals surface area contributed by atoms with E-state index in [2.05, 4.69) is 13.8 Å². The molecule has 0 spiro atoms. The average Bonchev–Trinajstić information content (AvgIpc) is 3.36. The Kier molecular flexibility index (Phi) is 6.17. The maximum Gasteiger partial charge on any atom is 0.295 e. The lowest BCUT2D eigenvalue weighted by atomic mass is 9.93. The first-order chi connectivity index (χ1) is 14.9. The molecule has 2 atom stereocenters. The maximum absolute atomic E-state index is 13.1. The Bertz CT molecular complexity index is 1000. The molecule has 2 fully saturated rings. The quantitative estimate of drug-likeness (QED) is 0.401. The van der Waals surface area contributed by atoms with Crippen molar-refractivity contribution < 1.29 is 19.4 Å². The molecule has 0 aliphatic carbocycles. The van der Waals surface area contributed by atoms with Gasteiger partial charge in [-0.05, 0) is 54.2 Å². The third-order valence-corrected chi connectivity index (χ3v) is 6.25. The van der Waals surface area contributed by atoms with Gasteiger partial charge in [0.25, 0.3) is 11.7 Å². The summed E-state index contributed by atoms with van der Waals surface area (Å²) >= 11 is 5.97. The van der Waals surface area contributed by atoms with Gasteiger partial charge in [0.1, 0.15) is 5.76 Å². The number of nitrogens with zero attached hydrogens (tertiary/aromatic N) is 1. The van der Waals surface area contributed by atoms with E-state index >= 15 is 0 Å². The Morgan fingerprint density at radius 3 is 2.39 bits per heavy atom. The summed E-state index contributed by atoms with van der Waals surface area (Å²) in [5, 5.41) is 11.6. The number of Topliss-reactive ketones (excluding diaryl/α,β-unsaturated/α-hetero) is 1. The lowest BCUT2D eigenvalue weighted by Crippen LogP contribution is -2.36. The second-order valence-electron chi connectivity index (χ2n) is 8.41. The minimum absolute atomic E-state index is 0.0996. The molecule has 4 rings (SSSR count). The van der Waals surface area contributed by atoms with E-state index in [1.54, 1.807) is 29.2 Å². The van der Waals surface area contributed by atoms with Crippen LogP contribution < -0.4 is 0 Å². The first-order valence-corrected chi connectivity index (χ1v) is 11.0. The van der Waals surface area contributed by atoms with Crippen LogP contribution in [0.15, 0.2) is 54.1 Å². The van der Waals surface area contributed by atoms with Crippen LogP contribution in [0.4, 0.5) is 0 Å². The van der Waals surface area contributed by atoms with Gasteiger partial charge >= 0.3 is 0 Å². The highest BCUT2D eigenvalue weighted by molar-refractivity contribution is 6.46. The Hall–Kier alpha value is -2.63. The van der Waals surface area contributed by atoms with Crippen molar-refractivity contribution in [1.82, 2.24) is 4.90 Å². The van der Waals surface area contributed by atoms with Gasteiger partial charge in [0.2, 0.25) is 0 Å². The summed E-state index contributed by atoms with van der Waals surface area (Å²) in [4.78, 5) is 27.6. The number of ether oxygens (including phenoxy) is 1. The fourth-order valence-corrected chi connectivity index (χ4v) is 4.38. The Morgan fingerprint density at radius 1 is 1.13 bits per heavy atom. The van der Waals surface area contributed by atoms with Crippen LogP contribution in [0.2, 0.25) is 5.02 Å². The fraction of sp³-hybridized carbons (Fsp3) is 0.360. The summed E-state index contributed by atoms with van der Waals surface area (Å²) in [6.07, 6.45) is 1.68. The molecule has 2 aromatic rings. The van der Waals surface area contributed by atoms with Crippen LogP contribution in [-0.4, -0.2) is 41.0 Å². The van der Waals surface area contributed by atoms with Crippen molar-refractivity contribution in [2.45, 2.75) is 44.8 Å². The monoisotopic (exact) mass is 439 g/mol. The zero-order valence-electron chi connectivity index (χ0n) is 17.7. The van der Waals surface area contributed by atoms with E-state index < -0.39 is 17.7 Å². The molecule has 0 unspecified atom stereocenters. The van der Waals surface area contributed by atoms with E-state index in [4.69, 9.17) is 16.3 Å². The molecule has 0 aromatic heterocycles. The van der Waals surface area contributed by atoms with Crippen LogP contribution in [0.3, 0.4) is 0 Å². The number of carbonyl (C=O) groups is 2. The third-order valence-electron chi connectivity index (χ3n) is 6.00. The average molecular weight is 440 g/mol. The van der Waals surface area contributed by atoms with Crippen LogP contribution in [0.1, 0.15) is 55.3 Å². The van der Waals surface area contributed by atoms with Crippen molar-refractivity contribution >= 4 is 29.1 Å². The van der Waals surface area contributed by atoms with E-state index in [1.807, 2.05) is 24.3 Å². The molecule has 1 amide bonds. The number of likely N-dealkylation sites (tertiary alicyclic amines) is 1. The highest BCUT2D eigenvalue weighted by atomic mass is 35.5. The first-order valence-electron chi connectivity index (χ1n) is 10.6. The maximum atomic E-state index is 13.1. The second kappa shape index (κ2) is 8.85. The van der Waals surface area contributed by atoms with Crippen LogP contribution in [0, 0.1) is 0 Å². The Balaban J connectivity index is 1.80. The number of benzene rings is 2. The first kappa shape index (κ1) is 21.6. The smallest absolute Gasteiger partial charge is 0.295 e. The van der Waals surface area contributed by atoms with Gasteiger partial charge in [0.05, 0.1) is 17.7 Å². The Labute approximate surface area is 187 Å². The number of aliphatic hydroxyl groups is 1. The molecule has 2 saturated heterocycles. The van der Waals surface area contributed by atoms with E-state index in [-0.39, 0.29) is 17.4 Å². The van der Waals surface area contributed by atoms with Crippen molar-refractivity contribution in [2.75, 3.05) is 13.2 Å². The highest BCUT2D eigenvalue weighted by Crippen LogP contribution is 2.40. The molecule has 6 heteroatoms. The minimum Gasteiger partial charge on any atom is -0.507 e. The van der Waals surface area contributed by atoms with Crippen molar-refractivity contribution in [3.63, 3.8) is 0 Å². The van der Waals surface area contributed by atoms with Crippen LogP contribution >= 0.6 is 11.6 Å². The standard InChI is InChI=1S/C25H26ClNO4/c1-15(2)16-5-7-17(8-6-16)22-21(23(28)18-9-11-19(26)12-10-18)24(29)25(30)27(22)14-20-4-3-13-31-20/h5-12,15,20,22,28H,3-4,13-14H2,1-2H3/t20-,22-/m1/s1. The number of ketones is 1. The largest absolute Gasteiger partial charge is 0.507 e. The Morgan fingerprint density at radius 2 is 1.81 bits per heavy atom. The predicted molar refractivity (Wildman–Crippen MR) is 120 cm³/mol. The predicted octanol–water partition coefficient (Wildman–Crippen LogP) is 5.06. The molecule has 5 nitrogen and oxygen atoms in total. The number of halogens is 1. The molecule has 2 aromatic carbocycles. The van der Waals surface area contributed by atoms with Crippen LogP contribution in [0.5, 0.6) is 0 Å². The third kappa shape index (κ3) is 4.25. The molecule has 0 saturated carbocycles. The number of carbonyl (C=O) groups excluding carboxylic acids is 2. The van der Waals surface area contributed by atoms with Crippen molar-refractivity contribution in [2.24, 2.45) is 0 Å². The molecule has 0 bridgehead atoms. The summed E-state index contributed by atoms with van der Waals surface area (Å²) in [5.41, 5.74) is 2.50. The van der Waals surface area contributed by atoms with E-state index in [0.29, 0.717) is 29.7 Å². The van der Waals surface area contributed by atoms with Crippen molar-refractivity contribution in [3.05, 3.63) is 75.8 Å². The summed E-state index contributed by atoms with van der Waals surface area (Å²) in [5.74, 6) is -1.11. The number of rotatable bonds is 5. The zero-order chi connectivity index (χ0) is 22.1. The summed E-state index contributed by atoms with van der Waals surface area (Å²) in [6.45, 7) is 5.20. The highest BCUT2D eigenvalue weighted by Gasteiger charge is 2.47. The van der Waals surface area contributed by atoms with Gasteiger partial charge in [-0.15, -0.1) is 0 Å². The van der Waals surface area contributed by atoms with Gasteiger partial charge in [-0.3, -0.25) is 9.59 Å². The summed E-state index contributed by atoms with van der Waals surface area (Å²) < 4.78 is 5.73. The lowest BCUT2D eigenvalue weighted by Gasteiger charge is -2.27. The number of hydrogen-bond donors (Lipinski definition) is 1. The van der Waals surface area contributed by atoms with E-state index in [0.717, 1.165) is 24.0 Å². The van der Waals surface area contributed by atoms with Gasteiger partial charge < -0.3 is 14.7 Å². The van der Waals surface area contributed by atoms with Gasteiger partial charge in [-0.25, -0.2) is 0 Å². The molecule has 2 heterocycles. The molecule has 1 N–H and O–H groups in total. The molecule has 162 valence electrons. The number of hydrogen-bond acceptors (Lipinski definition) is 4. The lowest BCUT2D eigenvalue weighted by molar-refractivity contribution is -0.140. The second-order valence-corrected chi connectivity index (χ2v) is 8.85. The number of aliphatic hydroxyl groups excluding tert-OH is 1. The SMILES string of the molecule is CC(C)c1ccc([C@@H]2C(=C(O)c3ccc(Cl)cc3)C(=O)C(=O)N2C[C@H]2CCCO2)cc1. The number of amides is 1. The fourth-order valence-electron chi connectivity index (χ4n) is 4.25. The van der Waals surface area contributed by atoms with Gasteiger partial charge in [-0.2, -0.15) is 0 Å². The van der Waals surface area contributed by atoms with Gasteiger partial charge in [0, 0.05) is 23.7 Å².